The lowest BCUT2D eigenvalue weighted by Gasteiger charge is -2.02. The van der Waals surface area contributed by atoms with E-state index in [-0.39, 0.29) is 0 Å². The monoisotopic (exact) mass is 364 g/mol. The van der Waals surface area contributed by atoms with Crippen molar-refractivity contribution in [1.82, 2.24) is 0 Å². The fraction of sp³-hybridized carbons (Fsp3) is 0.143. The number of hydrogen-bond acceptors (Lipinski definition) is 0. The summed E-state index contributed by atoms with van der Waals surface area (Å²) in [6.07, 6.45) is 0. The standard InChI is InChI=1S/C7H4BrCl2I/c8-3-4-1-5(11)2-6(9)7(4)10/h1-2H,3H2. The molecule has 0 N–H and O–H groups in total. The Morgan fingerprint density at radius 1 is 1.36 bits per heavy atom. The van der Waals surface area contributed by atoms with Crippen LogP contribution in [0.5, 0.6) is 0 Å². The largest absolute Gasteiger partial charge is 0.0876 e. The van der Waals surface area contributed by atoms with E-state index in [2.05, 4.69) is 38.5 Å². The molecule has 0 aliphatic rings. The van der Waals surface area contributed by atoms with Crippen molar-refractivity contribution in [1.29, 1.82) is 0 Å². The summed E-state index contributed by atoms with van der Waals surface area (Å²) < 4.78 is 1.10. The molecule has 0 spiro atoms. The molecule has 0 unspecified atom stereocenters. The van der Waals surface area contributed by atoms with Crippen molar-refractivity contribution >= 4 is 61.7 Å². The van der Waals surface area contributed by atoms with Gasteiger partial charge in [-0.15, -0.1) is 0 Å². The van der Waals surface area contributed by atoms with E-state index in [9.17, 15) is 0 Å². The normalized spacial score (nSPS) is 10.2. The van der Waals surface area contributed by atoms with Crippen LogP contribution in [0.4, 0.5) is 0 Å². The van der Waals surface area contributed by atoms with Crippen LogP contribution in [-0.4, -0.2) is 0 Å². The van der Waals surface area contributed by atoms with Gasteiger partial charge in [-0.3, -0.25) is 0 Å². The Kier molecular flexibility index (Phi) is 3.95. The van der Waals surface area contributed by atoms with Crippen LogP contribution in [0, 0.1) is 3.57 Å². The van der Waals surface area contributed by atoms with Crippen LogP contribution in [0.15, 0.2) is 12.1 Å². The number of hydrogen-bond donors (Lipinski definition) is 0. The molecule has 0 bridgehead atoms. The van der Waals surface area contributed by atoms with Crippen LogP contribution in [0.3, 0.4) is 0 Å². The van der Waals surface area contributed by atoms with E-state index in [4.69, 9.17) is 23.2 Å². The SMILES string of the molecule is Clc1cc(I)cc(CBr)c1Cl. The molecule has 1 aromatic carbocycles. The van der Waals surface area contributed by atoms with Gasteiger partial charge in [0.25, 0.3) is 0 Å². The van der Waals surface area contributed by atoms with Gasteiger partial charge in [-0.05, 0) is 40.3 Å². The first-order chi connectivity index (χ1) is 5.15. The second-order valence-electron chi connectivity index (χ2n) is 1.99. The summed E-state index contributed by atoms with van der Waals surface area (Å²) >= 11 is 17.3. The molecule has 0 heterocycles. The van der Waals surface area contributed by atoms with Crippen LogP contribution in [0.2, 0.25) is 10.0 Å². The Balaban J connectivity index is 3.24. The topological polar surface area (TPSA) is 0 Å². The first-order valence-electron chi connectivity index (χ1n) is 2.84. The molecule has 0 saturated heterocycles. The first kappa shape index (κ1) is 10.1. The molecule has 0 aliphatic heterocycles. The van der Waals surface area contributed by atoms with Crippen molar-refractivity contribution in [3.05, 3.63) is 31.3 Å². The predicted molar refractivity (Wildman–Crippen MR) is 61.8 cm³/mol. The summed E-state index contributed by atoms with van der Waals surface area (Å²) in [5.74, 6) is 0. The number of alkyl halides is 1. The maximum Gasteiger partial charge on any atom is 0.0633 e. The lowest BCUT2D eigenvalue weighted by molar-refractivity contribution is 1.42. The fourth-order valence-electron chi connectivity index (χ4n) is 0.707. The Morgan fingerprint density at radius 2 is 2.00 bits per heavy atom. The molecule has 0 amide bonds. The third-order valence-electron chi connectivity index (χ3n) is 1.21. The van der Waals surface area contributed by atoms with E-state index in [1.165, 1.54) is 0 Å². The second-order valence-corrected chi connectivity index (χ2v) is 4.59. The fourth-order valence-corrected chi connectivity index (χ4v) is 2.60. The Labute approximate surface area is 97.5 Å². The Morgan fingerprint density at radius 3 is 2.55 bits per heavy atom. The van der Waals surface area contributed by atoms with Gasteiger partial charge in [0.2, 0.25) is 0 Å². The van der Waals surface area contributed by atoms with E-state index < -0.39 is 0 Å². The molecule has 60 valence electrons. The quantitative estimate of drug-likeness (QED) is 0.391. The smallest absolute Gasteiger partial charge is 0.0633 e. The predicted octanol–water partition coefficient (Wildman–Crippen LogP) is 4.49. The summed E-state index contributed by atoms with van der Waals surface area (Å²) in [4.78, 5) is 0. The molecule has 0 nitrogen and oxygen atoms in total. The van der Waals surface area contributed by atoms with Crippen LogP contribution >= 0.6 is 61.7 Å². The lowest BCUT2D eigenvalue weighted by atomic mass is 10.2. The average Bonchev–Trinajstić information content (AvgIpc) is 1.96. The van der Waals surface area contributed by atoms with Gasteiger partial charge in [0.1, 0.15) is 0 Å². The zero-order chi connectivity index (χ0) is 8.43. The molecule has 11 heavy (non-hydrogen) atoms. The lowest BCUT2D eigenvalue weighted by Crippen LogP contribution is -1.82. The molecule has 0 radical (unpaired) electrons. The summed E-state index contributed by atoms with van der Waals surface area (Å²) in [6, 6.07) is 3.85. The van der Waals surface area contributed by atoms with Gasteiger partial charge in [0, 0.05) is 8.90 Å². The van der Waals surface area contributed by atoms with Gasteiger partial charge in [0.05, 0.1) is 10.0 Å². The Bertz CT molecular complexity index is 275. The van der Waals surface area contributed by atoms with Crippen LogP contribution in [0.25, 0.3) is 0 Å². The molecule has 4 heteroatoms. The second kappa shape index (κ2) is 4.30. The molecular formula is C7H4BrCl2I. The van der Waals surface area contributed by atoms with Crippen LogP contribution in [-0.2, 0) is 5.33 Å². The van der Waals surface area contributed by atoms with Crippen molar-refractivity contribution in [2.75, 3.05) is 0 Å². The minimum Gasteiger partial charge on any atom is -0.0876 e. The molecule has 0 atom stereocenters. The molecule has 1 rings (SSSR count). The molecule has 1 aromatic rings. The van der Waals surface area contributed by atoms with Crippen molar-refractivity contribution in [2.24, 2.45) is 0 Å². The molecule has 0 saturated carbocycles. The van der Waals surface area contributed by atoms with E-state index in [1.807, 2.05) is 12.1 Å². The number of rotatable bonds is 1. The number of benzene rings is 1. The van der Waals surface area contributed by atoms with E-state index in [1.54, 1.807) is 0 Å². The summed E-state index contributed by atoms with van der Waals surface area (Å²) in [7, 11) is 0. The van der Waals surface area contributed by atoms with Crippen molar-refractivity contribution < 1.29 is 0 Å². The van der Waals surface area contributed by atoms with Gasteiger partial charge in [0.15, 0.2) is 0 Å². The maximum atomic E-state index is 5.90. The van der Waals surface area contributed by atoms with Crippen LogP contribution in [0.1, 0.15) is 5.56 Å². The zero-order valence-electron chi connectivity index (χ0n) is 5.37. The Hall–Kier alpha value is 1.01. The number of halogens is 4. The maximum absolute atomic E-state index is 5.90. The first-order valence-corrected chi connectivity index (χ1v) is 5.80. The third kappa shape index (κ3) is 2.47. The zero-order valence-corrected chi connectivity index (χ0v) is 10.6. The van der Waals surface area contributed by atoms with Crippen molar-refractivity contribution in [3.8, 4) is 0 Å². The van der Waals surface area contributed by atoms with E-state index in [0.29, 0.717) is 10.0 Å². The summed E-state index contributed by atoms with van der Waals surface area (Å²) in [6.45, 7) is 0. The van der Waals surface area contributed by atoms with Crippen molar-refractivity contribution in [3.63, 3.8) is 0 Å². The van der Waals surface area contributed by atoms with Gasteiger partial charge >= 0.3 is 0 Å². The minimum absolute atomic E-state index is 0.619. The molecular weight excluding hydrogens is 362 g/mol. The van der Waals surface area contributed by atoms with Crippen LogP contribution < -0.4 is 0 Å². The van der Waals surface area contributed by atoms with E-state index >= 15 is 0 Å². The van der Waals surface area contributed by atoms with Gasteiger partial charge < -0.3 is 0 Å². The van der Waals surface area contributed by atoms with Crippen molar-refractivity contribution in [2.45, 2.75) is 5.33 Å². The summed E-state index contributed by atoms with van der Waals surface area (Å²) in [5.41, 5.74) is 1.03. The van der Waals surface area contributed by atoms with Gasteiger partial charge in [-0.2, -0.15) is 0 Å². The van der Waals surface area contributed by atoms with Gasteiger partial charge in [-0.1, -0.05) is 39.1 Å². The highest BCUT2D eigenvalue weighted by atomic mass is 127. The average molecular weight is 366 g/mol. The molecule has 0 aromatic heterocycles. The molecule has 0 aliphatic carbocycles. The third-order valence-corrected chi connectivity index (χ3v) is 3.28. The highest BCUT2D eigenvalue weighted by Crippen LogP contribution is 2.29. The molecule has 0 fully saturated rings. The highest BCUT2D eigenvalue weighted by molar-refractivity contribution is 14.1. The summed E-state index contributed by atoms with van der Waals surface area (Å²) in [5, 5.41) is 2.00. The van der Waals surface area contributed by atoms with E-state index in [0.717, 1.165) is 14.5 Å². The highest BCUT2D eigenvalue weighted by Gasteiger charge is 2.04. The minimum atomic E-state index is 0.619. The van der Waals surface area contributed by atoms with Gasteiger partial charge in [-0.25, -0.2) is 0 Å².